The van der Waals surface area contributed by atoms with Gasteiger partial charge in [0.25, 0.3) is 0 Å². The summed E-state index contributed by atoms with van der Waals surface area (Å²) < 4.78 is 29.2. The molecule has 0 amide bonds. The number of nitrogens with one attached hydrogen (secondary N) is 1. The maximum absolute atomic E-state index is 13.6. The van der Waals surface area contributed by atoms with E-state index in [9.17, 15) is 8.60 Å². The summed E-state index contributed by atoms with van der Waals surface area (Å²) in [4.78, 5) is 4.15. The van der Waals surface area contributed by atoms with Gasteiger partial charge < -0.3 is 0 Å². The molecule has 0 aliphatic carbocycles. The van der Waals surface area contributed by atoms with Crippen LogP contribution in [0.15, 0.2) is 39.8 Å². The topological polar surface area (TPSA) is 42.0 Å². The zero-order chi connectivity index (χ0) is 14.0. The molecule has 0 radical (unpaired) electrons. The zero-order valence-electron chi connectivity index (χ0n) is 9.78. The largest absolute Gasteiger partial charge is 0.299 e. The molecule has 1 N–H and O–H groups in total. The SMILES string of the molecule is Cc1ncc(Br)cc1NS(=O)c1ccc(Cl)cc1F. The van der Waals surface area contributed by atoms with Crippen LogP contribution in [0.1, 0.15) is 5.69 Å². The Balaban J connectivity index is 2.28. The van der Waals surface area contributed by atoms with Crippen molar-refractivity contribution in [3.8, 4) is 0 Å². The smallest absolute Gasteiger partial charge is 0.153 e. The van der Waals surface area contributed by atoms with E-state index in [0.29, 0.717) is 11.4 Å². The van der Waals surface area contributed by atoms with Gasteiger partial charge in [0.05, 0.1) is 16.3 Å². The summed E-state index contributed by atoms with van der Waals surface area (Å²) in [6.45, 7) is 1.77. The molecule has 2 rings (SSSR count). The number of benzene rings is 1. The van der Waals surface area contributed by atoms with Crippen molar-refractivity contribution < 1.29 is 8.60 Å². The predicted octanol–water partition coefficient (Wildman–Crippen LogP) is 4.08. The molecule has 1 aromatic heterocycles. The van der Waals surface area contributed by atoms with Gasteiger partial charge in [-0.2, -0.15) is 0 Å². The number of hydrogen-bond acceptors (Lipinski definition) is 2. The van der Waals surface area contributed by atoms with Gasteiger partial charge in [0.2, 0.25) is 0 Å². The Hall–Kier alpha value is -0.980. The molecular formula is C12H9BrClFN2OS. The highest BCUT2D eigenvalue weighted by molar-refractivity contribution is 9.10. The minimum absolute atomic E-state index is 0.0452. The highest BCUT2D eigenvalue weighted by atomic mass is 79.9. The Bertz CT molecular complexity index is 654. The molecule has 100 valence electrons. The quantitative estimate of drug-likeness (QED) is 0.893. The summed E-state index contributed by atoms with van der Waals surface area (Å²) in [6, 6.07) is 5.74. The van der Waals surface area contributed by atoms with E-state index in [1.807, 2.05) is 0 Å². The number of nitrogens with zero attached hydrogens (tertiary/aromatic N) is 1. The van der Waals surface area contributed by atoms with E-state index in [4.69, 9.17) is 11.6 Å². The Morgan fingerprint density at radius 2 is 2.16 bits per heavy atom. The lowest BCUT2D eigenvalue weighted by atomic mass is 10.3. The van der Waals surface area contributed by atoms with Crippen LogP contribution >= 0.6 is 27.5 Å². The summed E-state index contributed by atoms with van der Waals surface area (Å²) >= 11 is 8.93. The molecule has 0 fully saturated rings. The average molecular weight is 364 g/mol. The second-order valence-electron chi connectivity index (χ2n) is 3.73. The maximum atomic E-state index is 13.6. The fraction of sp³-hybridized carbons (Fsp3) is 0.0833. The fourth-order valence-corrected chi connectivity index (χ4v) is 2.83. The normalized spacial score (nSPS) is 12.2. The van der Waals surface area contributed by atoms with Gasteiger partial charge in [0.1, 0.15) is 5.82 Å². The summed E-state index contributed by atoms with van der Waals surface area (Å²) in [5, 5.41) is 0.263. The summed E-state index contributed by atoms with van der Waals surface area (Å²) in [5.74, 6) is -0.612. The Kier molecular flexibility index (Phi) is 4.54. The fourth-order valence-electron chi connectivity index (χ4n) is 1.39. The lowest BCUT2D eigenvalue weighted by Gasteiger charge is -2.09. The molecule has 1 heterocycles. The van der Waals surface area contributed by atoms with Crippen LogP contribution in [-0.4, -0.2) is 9.19 Å². The lowest BCUT2D eigenvalue weighted by molar-refractivity contribution is 0.596. The summed E-state index contributed by atoms with van der Waals surface area (Å²) in [5.41, 5.74) is 1.24. The van der Waals surface area contributed by atoms with Crippen LogP contribution in [0.25, 0.3) is 0 Å². The van der Waals surface area contributed by atoms with E-state index in [0.717, 1.165) is 10.5 Å². The van der Waals surface area contributed by atoms with Gasteiger partial charge in [-0.3, -0.25) is 9.71 Å². The summed E-state index contributed by atoms with van der Waals surface area (Å²) in [7, 11) is -1.72. The first-order chi connectivity index (χ1) is 8.97. The van der Waals surface area contributed by atoms with Crippen LogP contribution in [0.3, 0.4) is 0 Å². The van der Waals surface area contributed by atoms with Gasteiger partial charge >= 0.3 is 0 Å². The molecule has 2 aromatic rings. The molecule has 0 bridgehead atoms. The number of aryl methyl sites for hydroxylation is 1. The minimum Gasteiger partial charge on any atom is -0.299 e. The van der Waals surface area contributed by atoms with Crippen LogP contribution in [0, 0.1) is 12.7 Å². The number of rotatable bonds is 3. The third kappa shape index (κ3) is 3.52. The van der Waals surface area contributed by atoms with E-state index in [-0.39, 0.29) is 9.92 Å². The lowest BCUT2D eigenvalue weighted by Crippen LogP contribution is -2.08. The molecule has 1 atom stereocenters. The number of hydrogen-bond donors (Lipinski definition) is 1. The van der Waals surface area contributed by atoms with Gasteiger partial charge in [0.15, 0.2) is 11.0 Å². The molecule has 3 nitrogen and oxygen atoms in total. The number of halogens is 3. The van der Waals surface area contributed by atoms with Crippen LogP contribution in [0.2, 0.25) is 5.02 Å². The van der Waals surface area contributed by atoms with Crippen molar-refractivity contribution in [1.29, 1.82) is 0 Å². The predicted molar refractivity (Wildman–Crippen MR) is 78.1 cm³/mol. The van der Waals surface area contributed by atoms with Crippen LogP contribution in [-0.2, 0) is 11.0 Å². The van der Waals surface area contributed by atoms with Crippen molar-refractivity contribution in [2.24, 2.45) is 0 Å². The number of pyridine rings is 1. The van der Waals surface area contributed by atoms with Crippen molar-refractivity contribution in [3.05, 3.63) is 51.5 Å². The Labute approximate surface area is 125 Å². The first kappa shape index (κ1) is 14.4. The van der Waals surface area contributed by atoms with Crippen LogP contribution in [0.4, 0.5) is 10.1 Å². The molecule has 0 saturated carbocycles. The third-order valence-corrected chi connectivity index (χ3v) is 4.15. The monoisotopic (exact) mass is 362 g/mol. The van der Waals surface area contributed by atoms with Crippen molar-refractivity contribution in [1.82, 2.24) is 4.98 Å². The molecule has 0 saturated heterocycles. The Morgan fingerprint density at radius 3 is 2.84 bits per heavy atom. The van der Waals surface area contributed by atoms with Gasteiger partial charge in [-0.1, -0.05) is 11.6 Å². The van der Waals surface area contributed by atoms with Crippen LogP contribution in [0.5, 0.6) is 0 Å². The Morgan fingerprint density at radius 1 is 1.42 bits per heavy atom. The molecule has 1 unspecified atom stereocenters. The third-order valence-electron chi connectivity index (χ3n) is 2.35. The zero-order valence-corrected chi connectivity index (χ0v) is 12.9. The van der Waals surface area contributed by atoms with Crippen molar-refractivity contribution in [2.45, 2.75) is 11.8 Å². The first-order valence-electron chi connectivity index (χ1n) is 5.23. The number of anilines is 1. The maximum Gasteiger partial charge on any atom is 0.153 e. The van der Waals surface area contributed by atoms with E-state index in [1.165, 1.54) is 12.1 Å². The molecule has 0 aliphatic heterocycles. The second-order valence-corrected chi connectivity index (χ2v) is 6.27. The first-order valence-corrected chi connectivity index (χ1v) is 7.55. The standard InChI is InChI=1S/C12H9BrClFN2OS/c1-7-11(4-8(13)6-16-7)17-19(18)12-3-2-9(14)5-10(12)15/h2-6,17H,1H3. The van der Waals surface area contributed by atoms with Gasteiger partial charge in [-0.25, -0.2) is 8.60 Å². The van der Waals surface area contributed by atoms with E-state index < -0.39 is 16.8 Å². The summed E-state index contributed by atoms with van der Waals surface area (Å²) in [6.07, 6.45) is 1.63. The number of aromatic nitrogens is 1. The average Bonchev–Trinajstić information content (AvgIpc) is 2.33. The molecule has 1 aromatic carbocycles. The van der Waals surface area contributed by atoms with E-state index in [1.54, 1.807) is 19.2 Å². The van der Waals surface area contributed by atoms with Crippen molar-refractivity contribution >= 4 is 44.2 Å². The minimum atomic E-state index is -1.72. The van der Waals surface area contributed by atoms with Crippen molar-refractivity contribution in [2.75, 3.05) is 4.72 Å². The molecule has 0 aliphatic rings. The van der Waals surface area contributed by atoms with Gasteiger partial charge in [-0.15, -0.1) is 0 Å². The molecule has 7 heteroatoms. The highest BCUT2D eigenvalue weighted by Gasteiger charge is 2.12. The molecule has 0 spiro atoms. The molecule has 19 heavy (non-hydrogen) atoms. The molecular weight excluding hydrogens is 355 g/mol. The second kappa shape index (κ2) is 5.98. The van der Waals surface area contributed by atoms with Crippen LogP contribution < -0.4 is 4.72 Å². The van der Waals surface area contributed by atoms with Gasteiger partial charge in [0, 0.05) is 15.7 Å². The van der Waals surface area contributed by atoms with E-state index >= 15 is 0 Å². The highest BCUT2D eigenvalue weighted by Crippen LogP contribution is 2.22. The van der Waals surface area contributed by atoms with E-state index in [2.05, 4.69) is 25.6 Å². The van der Waals surface area contributed by atoms with Crippen molar-refractivity contribution in [3.63, 3.8) is 0 Å². The van der Waals surface area contributed by atoms with Gasteiger partial charge in [-0.05, 0) is 47.1 Å².